The van der Waals surface area contributed by atoms with Crippen LogP contribution in [0.15, 0.2) is 4.21 Å². The van der Waals surface area contributed by atoms with E-state index in [0.717, 1.165) is 30.8 Å². The van der Waals surface area contributed by atoms with Gasteiger partial charge in [0.15, 0.2) is 9.34 Å². The fourth-order valence-corrected chi connectivity index (χ4v) is 3.92. The average molecular weight is 319 g/mol. The molecule has 0 aromatic carbocycles. The average Bonchev–Trinajstić information content (AvgIpc) is 2.95. The van der Waals surface area contributed by atoms with Gasteiger partial charge in [-0.25, -0.2) is 18.5 Å². The highest BCUT2D eigenvalue weighted by molar-refractivity contribution is 7.91. The van der Waals surface area contributed by atoms with E-state index < -0.39 is 10.0 Å². The second kappa shape index (κ2) is 6.17. The Hall–Kier alpha value is -1.03. The van der Waals surface area contributed by atoms with Crippen LogP contribution in [0.4, 0.5) is 5.13 Å². The summed E-state index contributed by atoms with van der Waals surface area (Å²) in [5, 5.41) is 7.90. The summed E-state index contributed by atoms with van der Waals surface area (Å²) in [7, 11) is -3.79. The number of amides is 1. The van der Waals surface area contributed by atoms with Gasteiger partial charge in [0, 0.05) is 13.0 Å². The predicted octanol–water partition coefficient (Wildman–Crippen LogP) is 0.997. The van der Waals surface area contributed by atoms with Crippen LogP contribution in [-0.4, -0.2) is 32.0 Å². The molecule has 0 spiro atoms. The molecule has 1 aliphatic heterocycles. The van der Waals surface area contributed by atoms with Crippen molar-refractivity contribution in [1.82, 2.24) is 4.98 Å². The van der Waals surface area contributed by atoms with Gasteiger partial charge in [-0.2, -0.15) is 0 Å². The first-order chi connectivity index (χ1) is 9.36. The molecule has 0 bridgehead atoms. The summed E-state index contributed by atoms with van der Waals surface area (Å²) in [5.41, 5.74) is 0.298. The van der Waals surface area contributed by atoms with Crippen molar-refractivity contribution in [3.8, 4) is 0 Å². The molecular weight excluding hydrogens is 302 g/mol. The fourth-order valence-electron chi connectivity index (χ4n) is 2.05. The summed E-state index contributed by atoms with van der Waals surface area (Å²) in [6, 6.07) is 0. The number of nitrogens with one attached hydrogen (secondary N) is 1. The molecule has 20 heavy (non-hydrogen) atoms. The van der Waals surface area contributed by atoms with E-state index in [9.17, 15) is 13.2 Å². The molecule has 112 valence electrons. The number of carbonyl (C=O) groups is 1. The Bertz CT molecular complexity index is 591. The molecule has 9 heteroatoms. The van der Waals surface area contributed by atoms with E-state index in [-0.39, 0.29) is 21.4 Å². The number of sulfonamides is 1. The standard InChI is InChI=1S/C11H17N3O4S2/c1-7-10(20(12,16)17)19-11(13-7)14-9(15)5-4-8-3-2-6-18-8/h8H,2-6H2,1H3,(H2,12,16,17)(H,13,14,15). The number of thiazole rings is 1. The molecule has 1 aliphatic rings. The van der Waals surface area contributed by atoms with Gasteiger partial charge in [-0.05, 0) is 26.2 Å². The minimum Gasteiger partial charge on any atom is -0.378 e. The van der Waals surface area contributed by atoms with E-state index in [1.54, 1.807) is 0 Å². The number of anilines is 1. The Kier molecular flexibility index (Phi) is 4.74. The van der Waals surface area contributed by atoms with Gasteiger partial charge < -0.3 is 10.1 Å². The SMILES string of the molecule is Cc1nc(NC(=O)CCC2CCCO2)sc1S(N)(=O)=O. The molecule has 2 rings (SSSR count). The van der Waals surface area contributed by atoms with Crippen LogP contribution in [0.3, 0.4) is 0 Å². The topological polar surface area (TPSA) is 111 Å². The fraction of sp³-hybridized carbons (Fsp3) is 0.636. The van der Waals surface area contributed by atoms with Crippen LogP contribution in [0.25, 0.3) is 0 Å². The van der Waals surface area contributed by atoms with Crippen LogP contribution in [0.2, 0.25) is 0 Å². The molecule has 1 fully saturated rings. The molecule has 3 N–H and O–H groups in total. The number of hydrogen-bond donors (Lipinski definition) is 2. The van der Waals surface area contributed by atoms with Crippen LogP contribution in [0.5, 0.6) is 0 Å². The smallest absolute Gasteiger partial charge is 0.249 e. The number of ether oxygens (including phenoxy) is 1. The van der Waals surface area contributed by atoms with E-state index >= 15 is 0 Å². The van der Waals surface area contributed by atoms with E-state index in [0.29, 0.717) is 18.5 Å². The zero-order valence-electron chi connectivity index (χ0n) is 11.1. The molecule has 0 radical (unpaired) electrons. The second-order valence-corrected chi connectivity index (χ2v) is 7.41. The molecule has 1 aromatic heterocycles. The number of primary sulfonamides is 1. The molecular formula is C11H17N3O4S2. The van der Waals surface area contributed by atoms with E-state index in [1.807, 2.05) is 0 Å². The number of nitrogens with zero attached hydrogens (tertiary/aromatic N) is 1. The Labute approximate surface area is 121 Å². The van der Waals surface area contributed by atoms with Gasteiger partial charge in [-0.3, -0.25) is 4.79 Å². The monoisotopic (exact) mass is 319 g/mol. The summed E-state index contributed by atoms with van der Waals surface area (Å²) in [6.07, 6.45) is 3.17. The normalized spacial score (nSPS) is 19.2. The highest BCUT2D eigenvalue weighted by Crippen LogP contribution is 2.26. The lowest BCUT2D eigenvalue weighted by atomic mass is 10.1. The summed E-state index contributed by atoms with van der Waals surface area (Å²) < 4.78 is 28.0. The van der Waals surface area contributed by atoms with Crippen molar-refractivity contribution in [2.75, 3.05) is 11.9 Å². The molecule has 1 saturated heterocycles. The first-order valence-corrected chi connectivity index (χ1v) is 8.64. The number of aryl methyl sites for hydroxylation is 1. The highest BCUT2D eigenvalue weighted by atomic mass is 32.2. The third-order valence-electron chi connectivity index (χ3n) is 2.98. The summed E-state index contributed by atoms with van der Waals surface area (Å²) in [4.78, 5) is 15.8. The Morgan fingerprint density at radius 3 is 2.90 bits per heavy atom. The van der Waals surface area contributed by atoms with Gasteiger partial charge >= 0.3 is 0 Å². The molecule has 2 heterocycles. The van der Waals surface area contributed by atoms with Crippen molar-refractivity contribution < 1.29 is 17.9 Å². The maximum absolute atomic E-state index is 11.8. The van der Waals surface area contributed by atoms with Crippen LogP contribution < -0.4 is 10.5 Å². The maximum atomic E-state index is 11.8. The molecule has 1 aromatic rings. The zero-order chi connectivity index (χ0) is 14.8. The first kappa shape index (κ1) is 15.4. The molecule has 1 amide bonds. The van der Waals surface area contributed by atoms with Gasteiger partial charge in [0.1, 0.15) is 0 Å². The van der Waals surface area contributed by atoms with Crippen LogP contribution in [-0.2, 0) is 19.6 Å². The Morgan fingerprint density at radius 2 is 2.35 bits per heavy atom. The quantitative estimate of drug-likeness (QED) is 0.841. The van der Waals surface area contributed by atoms with Crippen LogP contribution in [0, 0.1) is 6.92 Å². The third kappa shape index (κ3) is 3.98. The minimum atomic E-state index is -3.79. The zero-order valence-corrected chi connectivity index (χ0v) is 12.7. The first-order valence-electron chi connectivity index (χ1n) is 6.28. The van der Waals surface area contributed by atoms with Crippen molar-refractivity contribution in [3.63, 3.8) is 0 Å². The molecule has 1 unspecified atom stereocenters. The summed E-state index contributed by atoms with van der Waals surface area (Å²) >= 11 is 0.866. The third-order valence-corrected chi connectivity index (χ3v) is 5.60. The lowest BCUT2D eigenvalue weighted by Gasteiger charge is -2.07. The molecule has 0 aliphatic carbocycles. The summed E-state index contributed by atoms with van der Waals surface area (Å²) in [6.45, 7) is 2.30. The number of carbonyl (C=O) groups excluding carboxylic acids is 1. The largest absolute Gasteiger partial charge is 0.378 e. The van der Waals surface area contributed by atoms with Crippen LogP contribution in [0.1, 0.15) is 31.4 Å². The lowest BCUT2D eigenvalue weighted by molar-refractivity contribution is -0.116. The molecule has 1 atom stereocenters. The van der Waals surface area contributed by atoms with Gasteiger partial charge in [0.25, 0.3) is 0 Å². The Balaban J connectivity index is 1.91. The highest BCUT2D eigenvalue weighted by Gasteiger charge is 2.20. The van der Waals surface area contributed by atoms with Crippen molar-refractivity contribution in [1.29, 1.82) is 0 Å². The van der Waals surface area contributed by atoms with E-state index in [2.05, 4.69) is 10.3 Å². The minimum absolute atomic E-state index is 0.0214. The van der Waals surface area contributed by atoms with Gasteiger partial charge in [-0.1, -0.05) is 11.3 Å². The van der Waals surface area contributed by atoms with Gasteiger partial charge in [0.2, 0.25) is 15.9 Å². The number of nitrogens with two attached hydrogens (primary N) is 1. The number of rotatable bonds is 5. The van der Waals surface area contributed by atoms with Gasteiger partial charge in [-0.15, -0.1) is 0 Å². The van der Waals surface area contributed by atoms with Crippen molar-refractivity contribution in [2.45, 2.75) is 42.9 Å². The van der Waals surface area contributed by atoms with Crippen molar-refractivity contribution in [2.24, 2.45) is 5.14 Å². The summed E-state index contributed by atoms with van der Waals surface area (Å²) in [5.74, 6) is -0.199. The number of hydrogen-bond acceptors (Lipinski definition) is 6. The maximum Gasteiger partial charge on any atom is 0.249 e. The van der Waals surface area contributed by atoms with Crippen molar-refractivity contribution in [3.05, 3.63) is 5.69 Å². The van der Waals surface area contributed by atoms with E-state index in [1.165, 1.54) is 6.92 Å². The van der Waals surface area contributed by atoms with Gasteiger partial charge in [0.05, 0.1) is 11.8 Å². The van der Waals surface area contributed by atoms with Crippen LogP contribution >= 0.6 is 11.3 Å². The van der Waals surface area contributed by atoms with Crippen molar-refractivity contribution >= 4 is 32.4 Å². The van der Waals surface area contributed by atoms with E-state index in [4.69, 9.17) is 9.88 Å². The Morgan fingerprint density at radius 1 is 1.60 bits per heavy atom. The molecule has 0 saturated carbocycles. The predicted molar refractivity (Wildman–Crippen MR) is 75.1 cm³/mol. The number of aromatic nitrogens is 1. The second-order valence-electron chi connectivity index (χ2n) is 4.66. The molecule has 7 nitrogen and oxygen atoms in total. The lowest BCUT2D eigenvalue weighted by Crippen LogP contribution is -2.15.